The number of rotatable bonds is 6. The first-order valence-electron chi connectivity index (χ1n) is 13.0. The van der Waals surface area contributed by atoms with Gasteiger partial charge in [-0.3, -0.25) is 14.7 Å². The van der Waals surface area contributed by atoms with Crippen molar-refractivity contribution in [3.05, 3.63) is 68.0 Å². The number of nitrogens with zero attached hydrogens (tertiary/aromatic N) is 2. The number of carbonyl (C=O) groups excluding carboxylic acids is 1. The van der Waals surface area contributed by atoms with Crippen molar-refractivity contribution in [3.8, 4) is 5.75 Å². The molecule has 5 rings (SSSR count). The summed E-state index contributed by atoms with van der Waals surface area (Å²) in [5.74, 6) is 0.834. The highest BCUT2D eigenvalue weighted by Gasteiger charge is 2.39. The van der Waals surface area contributed by atoms with Crippen LogP contribution in [0, 0.1) is 0 Å². The summed E-state index contributed by atoms with van der Waals surface area (Å²) in [6, 6.07) is 14.2. The van der Waals surface area contributed by atoms with Gasteiger partial charge in [-0.15, -0.1) is 0 Å². The summed E-state index contributed by atoms with van der Waals surface area (Å²) in [5, 5.41) is 1.61. The summed E-state index contributed by atoms with van der Waals surface area (Å²) in [4.78, 5) is 21.7. The van der Waals surface area contributed by atoms with Crippen LogP contribution in [0.5, 0.6) is 5.75 Å². The summed E-state index contributed by atoms with van der Waals surface area (Å²) in [7, 11) is 0. The van der Waals surface area contributed by atoms with Gasteiger partial charge in [0.05, 0.1) is 10.9 Å². The fourth-order valence-corrected chi connectivity index (χ4v) is 6.86. The molecule has 1 amide bonds. The second-order valence-electron chi connectivity index (χ2n) is 9.88. The maximum atomic E-state index is 13.8. The van der Waals surface area contributed by atoms with Gasteiger partial charge >= 0.3 is 0 Å². The molecule has 2 saturated carbocycles. The molecule has 0 radical (unpaired) electrons. The molecule has 0 atom stereocenters. The van der Waals surface area contributed by atoms with Gasteiger partial charge in [0, 0.05) is 21.1 Å². The number of thioether (sulfide) groups is 1. The second-order valence-corrected chi connectivity index (χ2v) is 12.2. The first-order chi connectivity index (χ1) is 17.6. The fourth-order valence-electron chi connectivity index (χ4n) is 5.25. The number of amides is 1. The molecule has 3 aliphatic rings. The number of benzene rings is 2. The lowest BCUT2D eigenvalue weighted by atomic mass is 9.94. The van der Waals surface area contributed by atoms with Crippen LogP contribution in [0.1, 0.15) is 75.3 Å². The Balaban J connectivity index is 1.42. The van der Waals surface area contributed by atoms with Gasteiger partial charge in [0.15, 0.2) is 5.17 Å². The number of ether oxygens (including phenoxy) is 1. The Morgan fingerprint density at radius 2 is 1.69 bits per heavy atom. The molecule has 1 aliphatic heterocycles. The predicted molar refractivity (Wildman–Crippen MR) is 154 cm³/mol. The van der Waals surface area contributed by atoms with Crippen LogP contribution in [-0.4, -0.2) is 28.1 Å². The highest BCUT2D eigenvalue weighted by atomic mass is 79.9. The third kappa shape index (κ3) is 6.38. The van der Waals surface area contributed by atoms with Crippen molar-refractivity contribution in [3.63, 3.8) is 0 Å². The normalized spacial score (nSPS) is 22.1. The van der Waals surface area contributed by atoms with Crippen LogP contribution in [0.25, 0.3) is 6.08 Å². The van der Waals surface area contributed by atoms with Crippen molar-refractivity contribution in [1.29, 1.82) is 0 Å². The Kier molecular flexibility index (Phi) is 8.76. The van der Waals surface area contributed by atoms with E-state index < -0.39 is 0 Å². The van der Waals surface area contributed by atoms with E-state index in [1.165, 1.54) is 38.5 Å². The molecular weight excluding hydrogens is 556 g/mol. The zero-order valence-electron chi connectivity index (χ0n) is 20.4. The Labute approximate surface area is 231 Å². The van der Waals surface area contributed by atoms with Crippen molar-refractivity contribution in [2.24, 2.45) is 4.99 Å². The Bertz CT molecular complexity index is 1140. The molecule has 0 spiro atoms. The maximum absolute atomic E-state index is 13.8. The Morgan fingerprint density at radius 3 is 2.42 bits per heavy atom. The average molecular weight is 588 g/mol. The van der Waals surface area contributed by atoms with Crippen molar-refractivity contribution in [2.45, 2.75) is 82.9 Å². The maximum Gasteiger partial charge on any atom is 0.267 e. The minimum Gasteiger partial charge on any atom is -0.488 e. The second kappa shape index (κ2) is 12.2. The number of aliphatic imine (C=N–C) groups is 1. The molecule has 7 heteroatoms. The van der Waals surface area contributed by atoms with Crippen molar-refractivity contribution < 1.29 is 9.53 Å². The lowest BCUT2D eigenvalue weighted by molar-refractivity contribution is -0.124. The highest BCUT2D eigenvalue weighted by Crippen LogP contribution is 2.39. The topological polar surface area (TPSA) is 41.9 Å². The van der Waals surface area contributed by atoms with Gasteiger partial charge in [-0.05, 0) is 79.4 Å². The fraction of sp³-hybridized carbons (Fsp3) is 0.448. The quantitative estimate of drug-likeness (QED) is 0.318. The molecule has 0 unspecified atom stereocenters. The van der Waals surface area contributed by atoms with Crippen LogP contribution in [0.2, 0.25) is 5.02 Å². The van der Waals surface area contributed by atoms with E-state index in [-0.39, 0.29) is 11.9 Å². The number of halogens is 2. The summed E-state index contributed by atoms with van der Waals surface area (Å²) in [6.45, 7) is 0.429. The van der Waals surface area contributed by atoms with Gasteiger partial charge in [0.2, 0.25) is 0 Å². The van der Waals surface area contributed by atoms with E-state index in [1.54, 1.807) is 11.8 Å². The molecule has 2 aromatic rings. The minimum absolute atomic E-state index is 0.0880. The van der Waals surface area contributed by atoms with Gasteiger partial charge in [-0.25, -0.2) is 0 Å². The third-order valence-corrected chi connectivity index (χ3v) is 8.95. The van der Waals surface area contributed by atoms with E-state index in [1.807, 2.05) is 53.4 Å². The van der Waals surface area contributed by atoms with E-state index in [0.717, 1.165) is 57.1 Å². The van der Waals surface area contributed by atoms with E-state index >= 15 is 0 Å². The molecule has 0 aromatic heterocycles. The zero-order valence-corrected chi connectivity index (χ0v) is 23.6. The van der Waals surface area contributed by atoms with E-state index in [0.29, 0.717) is 17.7 Å². The molecule has 1 heterocycles. The zero-order chi connectivity index (χ0) is 24.9. The lowest BCUT2D eigenvalue weighted by Crippen LogP contribution is -2.41. The van der Waals surface area contributed by atoms with Crippen LogP contribution in [0.4, 0.5) is 0 Å². The Hall–Kier alpha value is -1.76. The monoisotopic (exact) mass is 586 g/mol. The molecule has 3 fully saturated rings. The summed E-state index contributed by atoms with van der Waals surface area (Å²) in [5.41, 5.74) is 1.93. The molecule has 2 aromatic carbocycles. The van der Waals surface area contributed by atoms with Crippen molar-refractivity contribution in [1.82, 2.24) is 4.90 Å². The molecule has 0 N–H and O–H groups in total. The van der Waals surface area contributed by atoms with Gasteiger partial charge in [-0.2, -0.15) is 0 Å². The van der Waals surface area contributed by atoms with Gasteiger partial charge in [0.1, 0.15) is 12.4 Å². The predicted octanol–water partition coefficient (Wildman–Crippen LogP) is 8.62. The average Bonchev–Trinajstić information content (AvgIpc) is 3.19. The standard InChI is InChI=1S/C29H32BrClN2O2S/c30-22-13-16-26(35-19-20-11-14-23(31)15-12-20)21(17-22)18-27-28(34)33(25-9-5-2-6-10-25)29(36-27)32-24-7-3-1-4-8-24/h11-18,24-25H,1-10,19H2. The van der Waals surface area contributed by atoms with Gasteiger partial charge in [-0.1, -0.05) is 78.2 Å². The SMILES string of the molecule is O=C1C(=Cc2cc(Br)ccc2OCc2ccc(Cl)cc2)SC(=NC2CCCCC2)N1C1CCCCC1. The Morgan fingerprint density at radius 1 is 1.00 bits per heavy atom. The number of amidine groups is 1. The van der Waals surface area contributed by atoms with Crippen molar-refractivity contribution in [2.75, 3.05) is 0 Å². The van der Waals surface area contributed by atoms with E-state index in [9.17, 15) is 4.79 Å². The van der Waals surface area contributed by atoms with Crippen molar-refractivity contribution >= 4 is 56.4 Å². The first-order valence-corrected chi connectivity index (χ1v) is 15.0. The van der Waals surface area contributed by atoms with Gasteiger partial charge < -0.3 is 4.74 Å². The lowest BCUT2D eigenvalue weighted by Gasteiger charge is -2.31. The van der Waals surface area contributed by atoms with Crippen LogP contribution in [0.3, 0.4) is 0 Å². The molecule has 0 bridgehead atoms. The van der Waals surface area contributed by atoms with Crippen LogP contribution < -0.4 is 4.74 Å². The molecule has 190 valence electrons. The first kappa shape index (κ1) is 25.9. The molecule has 1 saturated heterocycles. The smallest absolute Gasteiger partial charge is 0.267 e. The number of carbonyl (C=O) groups is 1. The van der Waals surface area contributed by atoms with Crippen LogP contribution >= 0.6 is 39.3 Å². The van der Waals surface area contributed by atoms with Gasteiger partial charge in [0.25, 0.3) is 5.91 Å². The van der Waals surface area contributed by atoms with Crippen LogP contribution in [0.15, 0.2) is 56.8 Å². The summed E-state index contributed by atoms with van der Waals surface area (Å²) >= 11 is 11.2. The largest absolute Gasteiger partial charge is 0.488 e. The summed E-state index contributed by atoms with van der Waals surface area (Å²) < 4.78 is 7.13. The summed E-state index contributed by atoms with van der Waals surface area (Å²) in [6.07, 6.45) is 13.8. The van der Waals surface area contributed by atoms with E-state index in [2.05, 4.69) is 15.9 Å². The number of hydrogen-bond donors (Lipinski definition) is 0. The molecular formula is C29H32BrClN2O2S. The molecule has 4 nitrogen and oxygen atoms in total. The third-order valence-electron chi connectivity index (χ3n) is 7.21. The molecule has 36 heavy (non-hydrogen) atoms. The van der Waals surface area contributed by atoms with Crippen LogP contribution in [-0.2, 0) is 11.4 Å². The van der Waals surface area contributed by atoms with E-state index in [4.69, 9.17) is 21.3 Å². The minimum atomic E-state index is 0.0880. The number of hydrogen-bond acceptors (Lipinski definition) is 4. The highest BCUT2D eigenvalue weighted by molar-refractivity contribution is 9.10. The molecule has 2 aliphatic carbocycles.